The van der Waals surface area contributed by atoms with Crippen LogP contribution in [0.2, 0.25) is 0 Å². The fourth-order valence-electron chi connectivity index (χ4n) is 1.85. The first-order valence-corrected chi connectivity index (χ1v) is 7.35. The lowest BCUT2D eigenvalue weighted by Crippen LogP contribution is -2.31. The zero-order valence-electron chi connectivity index (χ0n) is 12.6. The average molecular weight is 281 g/mol. The second-order valence-electron chi connectivity index (χ2n) is 4.89. The molecule has 20 heavy (non-hydrogen) atoms. The van der Waals surface area contributed by atoms with Crippen molar-refractivity contribution in [3.05, 3.63) is 29.8 Å². The minimum atomic E-state index is -0.433. The topological polar surface area (TPSA) is 50.7 Å². The van der Waals surface area contributed by atoms with E-state index in [-0.39, 0.29) is 0 Å². The molecule has 0 aliphatic carbocycles. The van der Waals surface area contributed by atoms with Crippen LogP contribution in [0.1, 0.15) is 25.3 Å². The lowest BCUT2D eigenvalue weighted by atomic mass is 10.1. The summed E-state index contributed by atoms with van der Waals surface area (Å²) < 4.78 is 10.6. The maximum atomic E-state index is 9.72. The maximum Gasteiger partial charge on any atom is 0.119 e. The van der Waals surface area contributed by atoms with E-state index in [2.05, 4.69) is 18.3 Å². The molecule has 0 saturated heterocycles. The van der Waals surface area contributed by atoms with Gasteiger partial charge in [-0.2, -0.15) is 0 Å². The molecule has 0 fully saturated rings. The van der Waals surface area contributed by atoms with E-state index >= 15 is 0 Å². The molecule has 1 atom stereocenters. The lowest BCUT2D eigenvalue weighted by molar-refractivity contribution is 0.0361. The third-order valence-corrected chi connectivity index (χ3v) is 3.06. The SMILES string of the molecule is CCCCOCC(O)CNCCc1cccc(OC)c1. The van der Waals surface area contributed by atoms with Gasteiger partial charge < -0.3 is 19.9 Å². The van der Waals surface area contributed by atoms with Gasteiger partial charge in [0.1, 0.15) is 5.75 Å². The van der Waals surface area contributed by atoms with Gasteiger partial charge in [-0.25, -0.2) is 0 Å². The Balaban J connectivity index is 2.08. The minimum Gasteiger partial charge on any atom is -0.497 e. The fourth-order valence-corrected chi connectivity index (χ4v) is 1.85. The van der Waals surface area contributed by atoms with Gasteiger partial charge in [0.2, 0.25) is 0 Å². The summed E-state index contributed by atoms with van der Waals surface area (Å²) in [7, 11) is 1.67. The van der Waals surface area contributed by atoms with Crippen molar-refractivity contribution in [3.63, 3.8) is 0 Å². The molecule has 0 aliphatic rings. The average Bonchev–Trinajstić information content (AvgIpc) is 2.48. The van der Waals surface area contributed by atoms with Crippen LogP contribution >= 0.6 is 0 Å². The molecule has 0 aromatic heterocycles. The molecule has 1 aromatic rings. The molecule has 0 spiro atoms. The third kappa shape index (κ3) is 7.48. The van der Waals surface area contributed by atoms with Crippen molar-refractivity contribution in [3.8, 4) is 5.75 Å². The van der Waals surface area contributed by atoms with Gasteiger partial charge in [0.15, 0.2) is 0 Å². The standard InChI is InChI=1S/C16H27NO3/c1-3-4-10-20-13-15(18)12-17-9-8-14-6-5-7-16(11-14)19-2/h5-7,11,15,17-18H,3-4,8-10,12-13H2,1-2H3. The first-order chi connectivity index (χ1) is 9.76. The van der Waals surface area contributed by atoms with E-state index in [1.807, 2.05) is 18.2 Å². The maximum absolute atomic E-state index is 9.72. The number of ether oxygens (including phenoxy) is 2. The van der Waals surface area contributed by atoms with E-state index < -0.39 is 6.10 Å². The predicted molar refractivity (Wildman–Crippen MR) is 81.3 cm³/mol. The van der Waals surface area contributed by atoms with Crippen molar-refractivity contribution in [1.82, 2.24) is 5.32 Å². The Bertz CT molecular complexity index is 357. The fraction of sp³-hybridized carbons (Fsp3) is 0.625. The van der Waals surface area contributed by atoms with Gasteiger partial charge >= 0.3 is 0 Å². The second-order valence-corrected chi connectivity index (χ2v) is 4.89. The molecule has 1 aromatic carbocycles. The third-order valence-electron chi connectivity index (χ3n) is 3.06. The number of benzene rings is 1. The van der Waals surface area contributed by atoms with Crippen LogP contribution in [0.5, 0.6) is 5.75 Å². The Kier molecular flexibility index (Phi) is 9.04. The van der Waals surface area contributed by atoms with Crippen LogP contribution in [0.4, 0.5) is 0 Å². The highest BCUT2D eigenvalue weighted by Crippen LogP contribution is 2.12. The molecule has 0 saturated carbocycles. The normalized spacial score (nSPS) is 12.3. The monoisotopic (exact) mass is 281 g/mol. The summed E-state index contributed by atoms with van der Waals surface area (Å²) >= 11 is 0. The summed E-state index contributed by atoms with van der Waals surface area (Å²) in [4.78, 5) is 0. The molecule has 4 heteroatoms. The van der Waals surface area contributed by atoms with Crippen molar-refractivity contribution in [2.24, 2.45) is 0 Å². The summed E-state index contributed by atoms with van der Waals surface area (Å²) in [5, 5.41) is 13.0. The molecule has 0 aliphatic heterocycles. The molecule has 0 heterocycles. The summed E-state index contributed by atoms with van der Waals surface area (Å²) in [6, 6.07) is 8.04. The van der Waals surface area contributed by atoms with Crippen molar-refractivity contribution in [1.29, 1.82) is 0 Å². The highest BCUT2D eigenvalue weighted by Gasteiger charge is 2.03. The number of aliphatic hydroxyl groups is 1. The van der Waals surface area contributed by atoms with Gasteiger partial charge in [0.25, 0.3) is 0 Å². The van der Waals surface area contributed by atoms with Crippen molar-refractivity contribution >= 4 is 0 Å². The first kappa shape index (κ1) is 17.0. The number of hydrogen-bond donors (Lipinski definition) is 2. The Morgan fingerprint density at radius 2 is 2.20 bits per heavy atom. The van der Waals surface area contributed by atoms with Crippen LogP contribution in [-0.2, 0) is 11.2 Å². The number of hydrogen-bond acceptors (Lipinski definition) is 4. The van der Waals surface area contributed by atoms with Crippen molar-refractivity contribution in [2.75, 3.05) is 33.4 Å². The van der Waals surface area contributed by atoms with Gasteiger partial charge in [0.05, 0.1) is 19.8 Å². The molecule has 2 N–H and O–H groups in total. The number of methoxy groups -OCH3 is 1. The van der Waals surface area contributed by atoms with Crippen molar-refractivity contribution < 1.29 is 14.6 Å². The van der Waals surface area contributed by atoms with E-state index in [0.717, 1.165) is 38.2 Å². The van der Waals surface area contributed by atoms with Gasteiger partial charge in [-0.1, -0.05) is 25.5 Å². The van der Waals surface area contributed by atoms with Crippen LogP contribution in [0.15, 0.2) is 24.3 Å². The molecule has 0 radical (unpaired) electrons. The number of rotatable bonds is 11. The number of aliphatic hydroxyl groups excluding tert-OH is 1. The minimum absolute atomic E-state index is 0.409. The zero-order chi connectivity index (χ0) is 14.6. The predicted octanol–water partition coefficient (Wildman–Crippen LogP) is 2.00. The van der Waals surface area contributed by atoms with Crippen LogP contribution < -0.4 is 10.1 Å². The van der Waals surface area contributed by atoms with Crippen LogP contribution in [0, 0.1) is 0 Å². The van der Waals surface area contributed by atoms with E-state index in [4.69, 9.17) is 9.47 Å². The Morgan fingerprint density at radius 3 is 2.95 bits per heavy atom. The molecule has 0 amide bonds. The first-order valence-electron chi connectivity index (χ1n) is 7.35. The van der Waals surface area contributed by atoms with Gasteiger partial charge in [-0.3, -0.25) is 0 Å². The number of unbranched alkanes of at least 4 members (excludes halogenated alkanes) is 1. The lowest BCUT2D eigenvalue weighted by Gasteiger charge is -2.12. The number of nitrogens with one attached hydrogen (secondary N) is 1. The molecule has 0 bridgehead atoms. The van der Waals surface area contributed by atoms with Crippen LogP contribution in [0.25, 0.3) is 0 Å². The smallest absolute Gasteiger partial charge is 0.119 e. The molecule has 4 nitrogen and oxygen atoms in total. The molecular formula is C16H27NO3. The van der Waals surface area contributed by atoms with Gasteiger partial charge in [-0.15, -0.1) is 0 Å². The summed E-state index contributed by atoms with van der Waals surface area (Å²) in [5.41, 5.74) is 1.23. The quantitative estimate of drug-likeness (QED) is 0.609. The van der Waals surface area contributed by atoms with E-state index in [0.29, 0.717) is 13.2 Å². The zero-order valence-corrected chi connectivity index (χ0v) is 12.6. The second kappa shape index (κ2) is 10.7. The van der Waals surface area contributed by atoms with Gasteiger partial charge in [-0.05, 0) is 37.1 Å². The van der Waals surface area contributed by atoms with E-state index in [1.165, 1.54) is 5.56 Å². The highest BCUT2D eigenvalue weighted by molar-refractivity contribution is 5.28. The Labute approximate surface area is 122 Å². The summed E-state index contributed by atoms with van der Waals surface area (Å²) in [6.07, 6.45) is 2.66. The van der Waals surface area contributed by atoms with Crippen LogP contribution in [-0.4, -0.2) is 44.6 Å². The van der Waals surface area contributed by atoms with Crippen molar-refractivity contribution in [2.45, 2.75) is 32.3 Å². The molecule has 1 rings (SSSR count). The largest absolute Gasteiger partial charge is 0.497 e. The molecule has 1 unspecified atom stereocenters. The summed E-state index contributed by atoms with van der Waals surface area (Å²) in [6.45, 7) is 4.67. The Hall–Kier alpha value is -1.10. The van der Waals surface area contributed by atoms with E-state index in [1.54, 1.807) is 7.11 Å². The highest BCUT2D eigenvalue weighted by atomic mass is 16.5. The van der Waals surface area contributed by atoms with Gasteiger partial charge in [0, 0.05) is 13.2 Å². The van der Waals surface area contributed by atoms with E-state index in [9.17, 15) is 5.11 Å². The molecule has 114 valence electrons. The van der Waals surface area contributed by atoms with Crippen LogP contribution in [0.3, 0.4) is 0 Å². The molecular weight excluding hydrogens is 254 g/mol. The summed E-state index contributed by atoms with van der Waals surface area (Å²) in [5.74, 6) is 0.881. The Morgan fingerprint density at radius 1 is 1.35 bits per heavy atom.